The van der Waals surface area contributed by atoms with E-state index in [0.29, 0.717) is 5.82 Å². The van der Waals surface area contributed by atoms with Crippen LogP contribution in [0.4, 0.5) is 11.6 Å². The van der Waals surface area contributed by atoms with Gasteiger partial charge in [-0.3, -0.25) is 0 Å². The smallest absolute Gasteiger partial charge is 0.134 e. The fourth-order valence-electron chi connectivity index (χ4n) is 2.22. The molecule has 0 bridgehead atoms. The van der Waals surface area contributed by atoms with Gasteiger partial charge in [-0.25, -0.2) is 9.97 Å². The number of hydrogen-bond donors (Lipinski definition) is 1. The lowest BCUT2D eigenvalue weighted by Crippen LogP contribution is -2.29. The summed E-state index contributed by atoms with van der Waals surface area (Å²) in [6.45, 7) is 4.20. The number of nitrogens with two attached hydrogens (primary N) is 1. The van der Waals surface area contributed by atoms with Crippen molar-refractivity contribution in [3.8, 4) is 0 Å². The maximum absolute atomic E-state index is 5.81. The van der Waals surface area contributed by atoms with Crippen molar-refractivity contribution in [3.63, 3.8) is 0 Å². The first kappa shape index (κ1) is 10.8. The highest BCUT2D eigenvalue weighted by atomic mass is 15.2. The van der Waals surface area contributed by atoms with E-state index in [-0.39, 0.29) is 0 Å². The average molecular weight is 232 g/mol. The van der Waals surface area contributed by atoms with Gasteiger partial charge in [0.25, 0.3) is 0 Å². The topological polar surface area (TPSA) is 55.0 Å². The van der Waals surface area contributed by atoms with Gasteiger partial charge >= 0.3 is 0 Å². The van der Waals surface area contributed by atoms with E-state index >= 15 is 0 Å². The molecule has 0 amide bonds. The first-order valence-corrected chi connectivity index (χ1v) is 6.57. The van der Waals surface area contributed by atoms with Crippen molar-refractivity contribution >= 4 is 11.6 Å². The number of rotatable bonds is 5. The lowest BCUT2D eigenvalue weighted by atomic mass is 10.3. The van der Waals surface area contributed by atoms with Gasteiger partial charge in [0, 0.05) is 19.2 Å². The zero-order valence-electron chi connectivity index (χ0n) is 10.4. The fourth-order valence-corrected chi connectivity index (χ4v) is 2.22. The van der Waals surface area contributed by atoms with Gasteiger partial charge in [-0.05, 0) is 44.4 Å². The van der Waals surface area contributed by atoms with Crippen LogP contribution in [0, 0.1) is 18.8 Å². The second-order valence-corrected chi connectivity index (χ2v) is 5.49. The zero-order valence-corrected chi connectivity index (χ0v) is 10.4. The lowest BCUT2D eigenvalue weighted by molar-refractivity contribution is 0.669. The summed E-state index contributed by atoms with van der Waals surface area (Å²) in [5.41, 5.74) is 5.81. The molecule has 2 aliphatic rings. The summed E-state index contributed by atoms with van der Waals surface area (Å²) in [6, 6.07) is 1.91. The molecule has 92 valence electrons. The fraction of sp³-hybridized carbons (Fsp3) is 0.692. The molecule has 0 aliphatic heterocycles. The molecule has 1 aromatic rings. The Morgan fingerprint density at radius 3 is 2.24 bits per heavy atom. The van der Waals surface area contributed by atoms with Gasteiger partial charge in [0.15, 0.2) is 0 Å². The SMILES string of the molecule is Cc1nc(N)cc(N(CC2CC2)CC2CC2)n1. The highest BCUT2D eigenvalue weighted by Gasteiger charge is 2.30. The van der Waals surface area contributed by atoms with Gasteiger partial charge in [-0.2, -0.15) is 0 Å². The Morgan fingerprint density at radius 2 is 1.76 bits per heavy atom. The summed E-state index contributed by atoms with van der Waals surface area (Å²) in [5.74, 6) is 4.14. The predicted octanol–water partition coefficient (Wildman–Crippen LogP) is 1.99. The Kier molecular flexibility index (Phi) is 2.65. The van der Waals surface area contributed by atoms with Crippen LogP contribution in [0.25, 0.3) is 0 Å². The van der Waals surface area contributed by atoms with E-state index < -0.39 is 0 Å². The van der Waals surface area contributed by atoms with Crippen LogP contribution < -0.4 is 10.6 Å². The van der Waals surface area contributed by atoms with E-state index in [1.165, 1.54) is 25.7 Å². The number of hydrogen-bond acceptors (Lipinski definition) is 4. The molecular formula is C13H20N4. The highest BCUT2D eigenvalue weighted by molar-refractivity contribution is 5.47. The van der Waals surface area contributed by atoms with Gasteiger partial charge in [-0.1, -0.05) is 0 Å². The molecule has 1 aromatic heterocycles. The van der Waals surface area contributed by atoms with E-state index in [1.54, 1.807) is 0 Å². The molecule has 0 unspecified atom stereocenters. The number of nitrogens with zero attached hydrogens (tertiary/aromatic N) is 3. The Bertz CT molecular complexity index is 376. The normalized spacial score (nSPS) is 19.4. The molecule has 0 atom stereocenters. The average Bonchev–Trinajstić information content (AvgIpc) is 3.09. The molecule has 0 saturated heterocycles. The quantitative estimate of drug-likeness (QED) is 0.843. The van der Waals surface area contributed by atoms with Crippen molar-refractivity contribution < 1.29 is 0 Å². The van der Waals surface area contributed by atoms with Crippen molar-refractivity contribution in [1.29, 1.82) is 0 Å². The number of aromatic nitrogens is 2. The lowest BCUT2D eigenvalue weighted by Gasteiger charge is -2.24. The molecule has 2 saturated carbocycles. The van der Waals surface area contributed by atoms with E-state index in [4.69, 9.17) is 5.73 Å². The van der Waals surface area contributed by atoms with Crippen LogP contribution in [-0.4, -0.2) is 23.1 Å². The Hall–Kier alpha value is -1.32. The van der Waals surface area contributed by atoms with Gasteiger partial charge in [0.05, 0.1) is 0 Å². The third-order valence-electron chi connectivity index (χ3n) is 3.52. The molecule has 4 heteroatoms. The van der Waals surface area contributed by atoms with Crippen molar-refractivity contribution in [1.82, 2.24) is 9.97 Å². The minimum atomic E-state index is 0.587. The molecular weight excluding hydrogens is 212 g/mol. The van der Waals surface area contributed by atoms with Gasteiger partial charge in [0.2, 0.25) is 0 Å². The van der Waals surface area contributed by atoms with E-state index in [9.17, 15) is 0 Å². The number of anilines is 2. The van der Waals surface area contributed by atoms with Crippen LogP contribution in [0.3, 0.4) is 0 Å². The molecule has 2 aliphatic carbocycles. The van der Waals surface area contributed by atoms with Crippen molar-refractivity contribution in [3.05, 3.63) is 11.9 Å². The highest BCUT2D eigenvalue weighted by Crippen LogP contribution is 2.35. The third-order valence-corrected chi connectivity index (χ3v) is 3.52. The largest absolute Gasteiger partial charge is 0.384 e. The number of aryl methyl sites for hydroxylation is 1. The summed E-state index contributed by atoms with van der Waals surface area (Å²) >= 11 is 0. The van der Waals surface area contributed by atoms with Crippen LogP contribution >= 0.6 is 0 Å². The van der Waals surface area contributed by atoms with Gasteiger partial charge in [-0.15, -0.1) is 0 Å². The van der Waals surface area contributed by atoms with Crippen molar-refractivity contribution in [2.24, 2.45) is 11.8 Å². The summed E-state index contributed by atoms with van der Waals surface area (Å²) in [7, 11) is 0. The summed E-state index contributed by atoms with van der Waals surface area (Å²) in [6.07, 6.45) is 5.50. The van der Waals surface area contributed by atoms with Gasteiger partial charge < -0.3 is 10.6 Å². The maximum Gasteiger partial charge on any atom is 0.134 e. The molecule has 2 N–H and O–H groups in total. The Morgan fingerprint density at radius 1 is 1.18 bits per heavy atom. The zero-order chi connectivity index (χ0) is 11.8. The van der Waals surface area contributed by atoms with E-state index in [2.05, 4.69) is 14.9 Å². The first-order valence-electron chi connectivity index (χ1n) is 6.57. The summed E-state index contributed by atoms with van der Waals surface area (Å²) in [5, 5.41) is 0. The van der Waals surface area contributed by atoms with Crippen LogP contribution in [0.15, 0.2) is 6.07 Å². The molecule has 17 heavy (non-hydrogen) atoms. The molecule has 2 fully saturated rings. The summed E-state index contributed by atoms with van der Waals surface area (Å²) < 4.78 is 0. The molecule has 1 heterocycles. The van der Waals surface area contributed by atoms with E-state index in [0.717, 1.165) is 36.6 Å². The molecule has 0 spiro atoms. The van der Waals surface area contributed by atoms with Crippen LogP contribution in [0.5, 0.6) is 0 Å². The Labute approximate surface area is 102 Å². The monoisotopic (exact) mass is 232 g/mol. The Balaban J connectivity index is 1.78. The minimum absolute atomic E-state index is 0.587. The van der Waals surface area contributed by atoms with Crippen molar-refractivity contribution in [2.75, 3.05) is 23.7 Å². The van der Waals surface area contributed by atoms with Crippen LogP contribution in [-0.2, 0) is 0 Å². The second kappa shape index (κ2) is 4.17. The van der Waals surface area contributed by atoms with E-state index in [1.807, 2.05) is 13.0 Å². The summed E-state index contributed by atoms with van der Waals surface area (Å²) in [4.78, 5) is 11.1. The number of nitrogen functional groups attached to an aromatic ring is 1. The molecule has 3 rings (SSSR count). The maximum atomic E-state index is 5.81. The van der Waals surface area contributed by atoms with Crippen LogP contribution in [0.1, 0.15) is 31.5 Å². The standard InChI is InChI=1S/C13H20N4/c1-9-15-12(14)6-13(16-9)17(7-10-2-3-10)8-11-4-5-11/h6,10-11H,2-5,7-8H2,1H3,(H2,14,15,16). The van der Waals surface area contributed by atoms with Crippen LogP contribution in [0.2, 0.25) is 0 Å². The third kappa shape index (κ3) is 2.87. The molecule has 4 nitrogen and oxygen atoms in total. The minimum Gasteiger partial charge on any atom is -0.384 e. The van der Waals surface area contributed by atoms with Crippen molar-refractivity contribution in [2.45, 2.75) is 32.6 Å². The van der Waals surface area contributed by atoms with Gasteiger partial charge in [0.1, 0.15) is 17.5 Å². The molecule has 0 radical (unpaired) electrons. The molecule has 0 aromatic carbocycles. The second-order valence-electron chi connectivity index (χ2n) is 5.49. The first-order chi connectivity index (χ1) is 8.20. The predicted molar refractivity (Wildman–Crippen MR) is 68.8 cm³/mol.